The number of hydrogen-bond acceptors (Lipinski definition) is 2. The number of amides is 1. The first-order valence-electron chi connectivity index (χ1n) is 5.78. The summed E-state index contributed by atoms with van der Waals surface area (Å²) in [6.45, 7) is 1.88. The maximum atomic E-state index is 13.9. The van der Waals surface area contributed by atoms with Gasteiger partial charge in [-0.2, -0.15) is 0 Å². The second kappa shape index (κ2) is 3.92. The number of hydrogen-bond donors (Lipinski definition) is 1. The molecule has 0 aliphatic heterocycles. The van der Waals surface area contributed by atoms with Crippen LogP contribution in [0, 0.1) is 12.7 Å². The van der Waals surface area contributed by atoms with Crippen molar-refractivity contribution in [3.8, 4) is 10.4 Å². The van der Waals surface area contributed by atoms with E-state index in [1.807, 2.05) is 19.1 Å². The summed E-state index contributed by atoms with van der Waals surface area (Å²) in [5, 5.41) is 0. The molecule has 3 rings (SSSR count). The zero-order chi connectivity index (χ0) is 12.9. The van der Waals surface area contributed by atoms with Crippen molar-refractivity contribution in [1.29, 1.82) is 0 Å². The SMILES string of the molecule is Cc1cc(F)c2c(c1)-c1sc(C(N)=O)cc1CC2. The van der Waals surface area contributed by atoms with Gasteiger partial charge in [0.25, 0.3) is 5.91 Å². The van der Waals surface area contributed by atoms with Gasteiger partial charge in [0.2, 0.25) is 0 Å². The first-order chi connectivity index (χ1) is 8.56. The summed E-state index contributed by atoms with van der Waals surface area (Å²) < 4.78 is 13.9. The normalized spacial score (nSPS) is 13.0. The van der Waals surface area contributed by atoms with E-state index < -0.39 is 5.91 Å². The van der Waals surface area contributed by atoms with Crippen molar-refractivity contribution in [3.63, 3.8) is 0 Å². The first-order valence-corrected chi connectivity index (χ1v) is 6.60. The fourth-order valence-corrected chi connectivity index (χ4v) is 3.56. The van der Waals surface area contributed by atoms with Crippen molar-refractivity contribution >= 4 is 17.2 Å². The lowest BCUT2D eigenvalue weighted by Crippen LogP contribution is -2.08. The van der Waals surface area contributed by atoms with E-state index in [9.17, 15) is 9.18 Å². The minimum absolute atomic E-state index is 0.148. The predicted molar refractivity (Wildman–Crippen MR) is 70.4 cm³/mol. The van der Waals surface area contributed by atoms with Crippen LogP contribution in [-0.2, 0) is 12.8 Å². The van der Waals surface area contributed by atoms with Gasteiger partial charge < -0.3 is 5.73 Å². The Bertz CT molecular complexity index is 660. The number of halogens is 1. The largest absolute Gasteiger partial charge is 0.365 e. The van der Waals surface area contributed by atoms with Crippen LogP contribution in [0.2, 0.25) is 0 Å². The van der Waals surface area contributed by atoms with Crippen molar-refractivity contribution in [1.82, 2.24) is 0 Å². The molecule has 0 saturated heterocycles. The van der Waals surface area contributed by atoms with Crippen molar-refractivity contribution < 1.29 is 9.18 Å². The summed E-state index contributed by atoms with van der Waals surface area (Å²) in [5.41, 5.74) is 8.98. The number of nitrogens with two attached hydrogens (primary N) is 1. The van der Waals surface area contributed by atoms with Gasteiger partial charge in [-0.05, 0) is 54.2 Å². The summed E-state index contributed by atoms with van der Waals surface area (Å²) in [5.74, 6) is -0.561. The van der Waals surface area contributed by atoms with Crippen LogP contribution < -0.4 is 5.73 Å². The fraction of sp³-hybridized carbons (Fsp3) is 0.214. The average molecular weight is 261 g/mol. The maximum Gasteiger partial charge on any atom is 0.258 e. The van der Waals surface area contributed by atoms with Crippen LogP contribution in [0.5, 0.6) is 0 Å². The van der Waals surface area contributed by atoms with Gasteiger partial charge in [-0.1, -0.05) is 6.07 Å². The van der Waals surface area contributed by atoms with Crippen LogP contribution in [0.4, 0.5) is 4.39 Å². The van der Waals surface area contributed by atoms with Gasteiger partial charge in [0, 0.05) is 4.88 Å². The molecule has 18 heavy (non-hydrogen) atoms. The van der Waals surface area contributed by atoms with Crippen LogP contribution in [0.15, 0.2) is 18.2 Å². The highest BCUT2D eigenvalue weighted by molar-refractivity contribution is 7.17. The fourth-order valence-electron chi connectivity index (χ4n) is 2.45. The molecule has 1 heterocycles. The smallest absolute Gasteiger partial charge is 0.258 e. The van der Waals surface area contributed by atoms with Crippen LogP contribution in [0.1, 0.15) is 26.4 Å². The molecule has 0 bridgehead atoms. The molecule has 2 nitrogen and oxygen atoms in total. The number of carbonyl (C=O) groups excluding carboxylic acids is 1. The molecule has 4 heteroatoms. The van der Waals surface area contributed by atoms with E-state index in [1.54, 1.807) is 6.07 Å². The standard InChI is InChI=1S/C14H12FNOS/c1-7-4-10-9(11(15)5-7)3-2-8-6-12(14(16)17)18-13(8)10/h4-6H,2-3H2,1H3,(H2,16,17). The molecule has 1 aromatic heterocycles. The molecule has 0 atom stereocenters. The number of benzene rings is 1. The zero-order valence-corrected chi connectivity index (χ0v) is 10.7. The van der Waals surface area contributed by atoms with Gasteiger partial charge in [-0.25, -0.2) is 4.39 Å². The molecule has 1 aromatic carbocycles. The number of aryl methyl sites for hydroxylation is 2. The van der Waals surface area contributed by atoms with E-state index in [2.05, 4.69) is 0 Å². The Hall–Kier alpha value is -1.68. The van der Waals surface area contributed by atoms with E-state index in [0.717, 1.165) is 33.6 Å². The topological polar surface area (TPSA) is 43.1 Å². The van der Waals surface area contributed by atoms with E-state index in [1.165, 1.54) is 11.3 Å². The van der Waals surface area contributed by atoms with Crippen LogP contribution in [-0.4, -0.2) is 5.91 Å². The third-order valence-electron chi connectivity index (χ3n) is 3.28. The maximum absolute atomic E-state index is 13.9. The van der Waals surface area contributed by atoms with E-state index in [0.29, 0.717) is 11.3 Å². The number of thiophene rings is 1. The van der Waals surface area contributed by atoms with Gasteiger partial charge in [0.15, 0.2) is 0 Å². The van der Waals surface area contributed by atoms with Gasteiger partial charge in [0.05, 0.1) is 4.88 Å². The lowest BCUT2D eigenvalue weighted by atomic mass is 9.90. The third kappa shape index (κ3) is 1.64. The molecular weight excluding hydrogens is 249 g/mol. The Balaban J connectivity index is 2.24. The second-order valence-corrected chi connectivity index (χ2v) is 5.65. The minimum Gasteiger partial charge on any atom is -0.365 e. The summed E-state index contributed by atoms with van der Waals surface area (Å²) in [6.07, 6.45) is 1.45. The Morgan fingerprint density at radius 3 is 2.83 bits per heavy atom. The molecule has 0 saturated carbocycles. The zero-order valence-electron chi connectivity index (χ0n) is 9.92. The highest BCUT2D eigenvalue weighted by Crippen LogP contribution is 2.40. The Kier molecular flexibility index (Phi) is 2.48. The van der Waals surface area contributed by atoms with Crippen molar-refractivity contribution in [2.45, 2.75) is 19.8 Å². The first kappa shape index (κ1) is 11.4. The quantitative estimate of drug-likeness (QED) is 0.842. The van der Waals surface area contributed by atoms with E-state index in [4.69, 9.17) is 5.73 Å². The van der Waals surface area contributed by atoms with Crippen LogP contribution in [0.25, 0.3) is 10.4 Å². The Morgan fingerprint density at radius 2 is 2.11 bits per heavy atom. The monoisotopic (exact) mass is 261 g/mol. The average Bonchev–Trinajstić information content (AvgIpc) is 2.72. The van der Waals surface area contributed by atoms with Gasteiger partial charge in [-0.15, -0.1) is 11.3 Å². The molecule has 0 radical (unpaired) electrons. The summed E-state index contributed by atoms with van der Waals surface area (Å²) in [7, 11) is 0. The lowest BCUT2D eigenvalue weighted by Gasteiger charge is -2.17. The molecule has 1 aliphatic carbocycles. The molecule has 1 amide bonds. The minimum atomic E-state index is -0.413. The second-order valence-electron chi connectivity index (χ2n) is 4.60. The van der Waals surface area contributed by atoms with Crippen LogP contribution >= 0.6 is 11.3 Å². The molecule has 2 aromatic rings. The molecule has 92 valence electrons. The summed E-state index contributed by atoms with van der Waals surface area (Å²) in [4.78, 5) is 12.8. The number of primary amides is 1. The molecule has 1 aliphatic rings. The van der Waals surface area contributed by atoms with Gasteiger partial charge in [0.1, 0.15) is 5.82 Å². The molecule has 0 fully saturated rings. The third-order valence-corrected chi connectivity index (χ3v) is 4.51. The lowest BCUT2D eigenvalue weighted by molar-refractivity contribution is 0.100. The van der Waals surface area contributed by atoms with Crippen molar-refractivity contribution in [3.05, 3.63) is 45.6 Å². The van der Waals surface area contributed by atoms with Gasteiger partial charge in [-0.3, -0.25) is 4.79 Å². The predicted octanol–water partition coefficient (Wildman–Crippen LogP) is 3.06. The summed E-state index contributed by atoms with van der Waals surface area (Å²) >= 11 is 1.36. The number of rotatable bonds is 1. The summed E-state index contributed by atoms with van der Waals surface area (Å²) in [6, 6.07) is 5.38. The molecule has 2 N–H and O–H groups in total. The van der Waals surface area contributed by atoms with Crippen molar-refractivity contribution in [2.75, 3.05) is 0 Å². The number of fused-ring (bicyclic) bond motifs is 3. The Labute approximate surface area is 108 Å². The van der Waals surface area contributed by atoms with Gasteiger partial charge >= 0.3 is 0 Å². The molecular formula is C14H12FNOS. The highest BCUT2D eigenvalue weighted by atomic mass is 32.1. The molecule has 0 spiro atoms. The number of carbonyl (C=O) groups is 1. The van der Waals surface area contributed by atoms with Crippen LogP contribution in [0.3, 0.4) is 0 Å². The highest BCUT2D eigenvalue weighted by Gasteiger charge is 2.23. The Morgan fingerprint density at radius 1 is 1.33 bits per heavy atom. The van der Waals surface area contributed by atoms with E-state index in [-0.39, 0.29) is 5.82 Å². The molecule has 0 unspecified atom stereocenters. The van der Waals surface area contributed by atoms with Crippen molar-refractivity contribution in [2.24, 2.45) is 5.73 Å². The van der Waals surface area contributed by atoms with E-state index >= 15 is 0 Å².